The Morgan fingerprint density at radius 1 is 1.30 bits per heavy atom. The van der Waals surface area contributed by atoms with Crippen molar-refractivity contribution in [2.24, 2.45) is 0 Å². The van der Waals surface area contributed by atoms with Gasteiger partial charge in [-0.3, -0.25) is 0 Å². The zero-order chi connectivity index (χ0) is 7.40. The summed E-state index contributed by atoms with van der Waals surface area (Å²) >= 11 is 0. The summed E-state index contributed by atoms with van der Waals surface area (Å²) in [7, 11) is 1.97. The molecule has 0 radical (unpaired) electrons. The maximum absolute atomic E-state index is 3.77. The fourth-order valence-corrected chi connectivity index (χ4v) is 0.895. The van der Waals surface area contributed by atoms with Crippen molar-refractivity contribution in [3.63, 3.8) is 0 Å². The average molecular weight is 134 g/mol. The molecule has 0 atom stereocenters. The van der Waals surface area contributed by atoms with Crippen LogP contribution < -0.4 is 0 Å². The number of rotatable bonds is 2. The molecular weight excluding hydrogens is 122 g/mol. The lowest BCUT2D eigenvalue weighted by Gasteiger charge is -1.93. The van der Waals surface area contributed by atoms with Crippen molar-refractivity contribution in [1.29, 1.82) is 0 Å². The summed E-state index contributed by atoms with van der Waals surface area (Å²) in [6.45, 7) is 4.68. The van der Waals surface area contributed by atoms with Crippen LogP contribution in [0.2, 0.25) is 0 Å². The highest BCUT2D eigenvalue weighted by molar-refractivity contribution is 5.17. The van der Waals surface area contributed by atoms with Gasteiger partial charge in [-0.25, -0.2) is 4.58 Å². The molecule has 0 aliphatic heterocycles. The van der Waals surface area contributed by atoms with Crippen molar-refractivity contribution in [3.05, 3.63) is 35.9 Å². The normalized spacial score (nSPS) is 9.30. The maximum Gasteiger partial charge on any atom is 0.167 e. The van der Waals surface area contributed by atoms with Gasteiger partial charge in [-0.05, 0) is 0 Å². The van der Waals surface area contributed by atoms with Crippen LogP contribution in [0.5, 0.6) is 0 Å². The zero-order valence-electron chi connectivity index (χ0n) is 6.25. The van der Waals surface area contributed by atoms with Crippen molar-refractivity contribution in [2.45, 2.75) is 6.54 Å². The first-order valence-corrected chi connectivity index (χ1v) is 3.34. The van der Waals surface area contributed by atoms with Gasteiger partial charge in [0.2, 0.25) is 0 Å². The topological polar surface area (TPSA) is 3.01 Å². The molecule has 1 nitrogen and oxygen atoms in total. The van der Waals surface area contributed by atoms with Gasteiger partial charge in [-0.1, -0.05) is 30.3 Å². The Bertz CT molecular complexity index is 213. The van der Waals surface area contributed by atoms with Crippen molar-refractivity contribution < 1.29 is 4.58 Å². The molecule has 0 amide bonds. The van der Waals surface area contributed by atoms with E-state index in [2.05, 4.69) is 18.9 Å². The quantitative estimate of drug-likeness (QED) is 0.426. The molecule has 10 heavy (non-hydrogen) atoms. The molecule has 0 fully saturated rings. The van der Waals surface area contributed by atoms with Crippen LogP contribution in [0.1, 0.15) is 5.56 Å². The molecule has 0 aliphatic rings. The lowest BCUT2D eigenvalue weighted by Crippen LogP contribution is -2.00. The summed E-state index contributed by atoms with van der Waals surface area (Å²) in [6, 6.07) is 10.3. The van der Waals surface area contributed by atoms with E-state index in [0.29, 0.717) is 0 Å². The fraction of sp³-hybridized carbons (Fsp3) is 0.222. The van der Waals surface area contributed by atoms with E-state index < -0.39 is 0 Å². The lowest BCUT2D eigenvalue weighted by atomic mass is 10.2. The molecule has 0 spiro atoms. The molecular formula is C9H12N+. The molecule has 1 heteroatoms. The standard InChI is InChI=1S/C9H12N/c1-10(2)8-9-6-4-3-5-7-9/h3-7H,1,8H2,2H3/q+1. The monoisotopic (exact) mass is 134 g/mol. The van der Waals surface area contributed by atoms with E-state index >= 15 is 0 Å². The Kier molecular flexibility index (Phi) is 2.21. The van der Waals surface area contributed by atoms with Gasteiger partial charge in [0.25, 0.3) is 0 Å². The van der Waals surface area contributed by atoms with Gasteiger partial charge in [-0.2, -0.15) is 0 Å². The molecule has 0 N–H and O–H groups in total. The summed E-state index contributed by atoms with van der Waals surface area (Å²) in [5.74, 6) is 0. The SMILES string of the molecule is C=[N+](C)Cc1ccccc1. The minimum atomic E-state index is 0.918. The molecule has 0 bridgehead atoms. The van der Waals surface area contributed by atoms with Gasteiger partial charge in [0.05, 0.1) is 0 Å². The van der Waals surface area contributed by atoms with Gasteiger partial charge in [-0.15, -0.1) is 0 Å². The Hall–Kier alpha value is -1.11. The first kappa shape index (κ1) is 7.00. The first-order chi connectivity index (χ1) is 4.79. The summed E-state index contributed by atoms with van der Waals surface area (Å²) < 4.78 is 1.91. The van der Waals surface area contributed by atoms with Crippen molar-refractivity contribution in [1.82, 2.24) is 0 Å². The maximum atomic E-state index is 3.77. The van der Waals surface area contributed by atoms with Crippen molar-refractivity contribution >= 4 is 6.72 Å². The minimum absolute atomic E-state index is 0.918. The molecule has 0 aromatic heterocycles. The van der Waals surface area contributed by atoms with Crippen LogP contribution in [0, 0.1) is 0 Å². The van der Waals surface area contributed by atoms with Crippen LogP contribution in [0.4, 0.5) is 0 Å². The van der Waals surface area contributed by atoms with E-state index in [4.69, 9.17) is 0 Å². The van der Waals surface area contributed by atoms with E-state index in [1.165, 1.54) is 5.56 Å². The third-order valence-electron chi connectivity index (χ3n) is 1.30. The predicted octanol–water partition coefficient (Wildman–Crippen LogP) is 1.53. The Balaban J connectivity index is 2.67. The van der Waals surface area contributed by atoms with Crippen LogP contribution in [-0.2, 0) is 6.54 Å². The third-order valence-corrected chi connectivity index (χ3v) is 1.30. The van der Waals surface area contributed by atoms with Crippen LogP contribution in [0.25, 0.3) is 0 Å². The predicted molar refractivity (Wildman–Crippen MR) is 43.5 cm³/mol. The largest absolute Gasteiger partial charge is 0.241 e. The van der Waals surface area contributed by atoms with Crippen LogP contribution in [0.15, 0.2) is 30.3 Å². The molecule has 1 aromatic rings. The first-order valence-electron chi connectivity index (χ1n) is 3.34. The summed E-state index contributed by atoms with van der Waals surface area (Å²) in [5.41, 5.74) is 1.31. The smallest absolute Gasteiger partial charge is 0.167 e. The van der Waals surface area contributed by atoms with E-state index in [-0.39, 0.29) is 0 Å². The molecule has 1 aromatic carbocycles. The van der Waals surface area contributed by atoms with Gasteiger partial charge < -0.3 is 0 Å². The van der Waals surface area contributed by atoms with E-state index in [1.807, 2.05) is 29.8 Å². The van der Waals surface area contributed by atoms with Gasteiger partial charge in [0, 0.05) is 5.56 Å². The molecule has 0 saturated carbocycles. The van der Waals surface area contributed by atoms with Crippen LogP contribution in [0.3, 0.4) is 0 Å². The van der Waals surface area contributed by atoms with E-state index in [0.717, 1.165) is 6.54 Å². The molecule has 0 heterocycles. The number of hydrogen-bond acceptors (Lipinski definition) is 0. The van der Waals surface area contributed by atoms with Gasteiger partial charge >= 0.3 is 0 Å². The molecule has 0 saturated heterocycles. The second-order valence-corrected chi connectivity index (χ2v) is 2.50. The van der Waals surface area contributed by atoms with Crippen LogP contribution >= 0.6 is 0 Å². The lowest BCUT2D eigenvalue weighted by molar-refractivity contribution is -0.505. The van der Waals surface area contributed by atoms with E-state index in [1.54, 1.807) is 0 Å². The fourth-order valence-electron chi connectivity index (χ4n) is 0.895. The zero-order valence-corrected chi connectivity index (χ0v) is 6.25. The Morgan fingerprint density at radius 3 is 2.40 bits per heavy atom. The van der Waals surface area contributed by atoms with Crippen LogP contribution in [-0.4, -0.2) is 18.3 Å². The number of benzene rings is 1. The highest BCUT2D eigenvalue weighted by Crippen LogP contribution is 1.97. The summed E-state index contributed by atoms with van der Waals surface area (Å²) in [5, 5.41) is 0. The average Bonchev–Trinajstić information content (AvgIpc) is 1.88. The Labute approximate surface area is 61.6 Å². The second-order valence-electron chi connectivity index (χ2n) is 2.50. The number of nitrogens with zero attached hydrogens (tertiary/aromatic N) is 1. The Morgan fingerprint density at radius 2 is 1.90 bits per heavy atom. The summed E-state index contributed by atoms with van der Waals surface area (Å²) in [4.78, 5) is 0. The summed E-state index contributed by atoms with van der Waals surface area (Å²) in [6.07, 6.45) is 0. The molecule has 1 rings (SSSR count). The second kappa shape index (κ2) is 3.16. The molecule has 52 valence electrons. The molecule has 0 unspecified atom stereocenters. The van der Waals surface area contributed by atoms with Crippen molar-refractivity contribution in [3.8, 4) is 0 Å². The molecule has 0 aliphatic carbocycles. The number of hydrogen-bond donors (Lipinski definition) is 0. The van der Waals surface area contributed by atoms with Gasteiger partial charge in [0.1, 0.15) is 13.8 Å². The van der Waals surface area contributed by atoms with Gasteiger partial charge in [0.15, 0.2) is 6.54 Å². The highest BCUT2D eigenvalue weighted by atomic mass is 14.9. The minimum Gasteiger partial charge on any atom is -0.241 e. The third kappa shape index (κ3) is 2.02. The van der Waals surface area contributed by atoms with E-state index in [9.17, 15) is 0 Å². The highest BCUT2D eigenvalue weighted by Gasteiger charge is 1.93. The van der Waals surface area contributed by atoms with Crippen molar-refractivity contribution in [2.75, 3.05) is 7.05 Å².